The van der Waals surface area contributed by atoms with E-state index in [-0.39, 0.29) is 10.8 Å². The van der Waals surface area contributed by atoms with E-state index in [9.17, 15) is 4.79 Å². The standard InChI is InChI=1S/C4H4N3OS/c5-2-1-3(9)7-4(8)6-2/h1H,(H3,5,6,7,8). The highest BCUT2D eigenvalue weighted by molar-refractivity contribution is 7.80. The Labute approximate surface area is 56.5 Å². The van der Waals surface area contributed by atoms with E-state index in [2.05, 4.69) is 22.6 Å². The zero-order valence-electron chi connectivity index (χ0n) is 4.42. The molecule has 0 aromatic carbocycles. The highest BCUT2D eigenvalue weighted by Crippen LogP contribution is 1.98. The summed E-state index contributed by atoms with van der Waals surface area (Å²) < 4.78 is 0. The van der Waals surface area contributed by atoms with E-state index < -0.39 is 5.69 Å². The van der Waals surface area contributed by atoms with E-state index in [1.165, 1.54) is 6.07 Å². The molecule has 5 heteroatoms. The van der Waals surface area contributed by atoms with Gasteiger partial charge in [-0.05, 0) is 0 Å². The summed E-state index contributed by atoms with van der Waals surface area (Å²) in [5, 5.41) is 0.219. The molecule has 1 radical (unpaired) electrons. The molecule has 0 spiro atoms. The molecule has 1 rings (SSSR count). The Balaban J connectivity index is 3.33. The van der Waals surface area contributed by atoms with Gasteiger partial charge >= 0.3 is 5.69 Å². The Bertz CT molecular complexity index is 246. The van der Waals surface area contributed by atoms with Gasteiger partial charge in [-0.2, -0.15) is 4.98 Å². The minimum atomic E-state index is -0.500. The van der Waals surface area contributed by atoms with Gasteiger partial charge in [-0.3, -0.25) is 4.98 Å². The van der Waals surface area contributed by atoms with E-state index in [4.69, 9.17) is 5.73 Å². The number of rotatable bonds is 0. The molecule has 3 N–H and O–H groups in total. The summed E-state index contributed by atoms with van der Waals surface area (Å²) in [6.45, 7) is 0. The first-order chi connectivity index (χ1) is 4.18. The SMILES string of the molecule is Nc1cc([S])nc(=O)[nH]1. The van der Waals surface area contributed by atoms with Crippen molar-refractivity contribution in [3.8, 4) is 0 Å². The third-order valence-corrected chi connectivity index (χ3v) is 0.951. The van der Waals surface area contributed by atoms with Gasteiger partial charge < -0.3 is 5.73 Å². The lowest BCUT2D eigenvalue weighted by Crippen LogP contribution is -2.11. The molecule has 0 aliphatic rings. The van der Waals surface area contributed by atoms with Gasteiger partial charge in [0, 0.05) is 6.07 Å². The number of hydrogen-bond acceptors (Lipinski definition) is 3. The van der Waals surface area contributed by atoms with Crippen molar-refractivity contribution in [1.29, 1.82) is 0 Å². The fourth-order valence-corrected chi connectivity index (χ4v) is 0.663. The summed E-state index contributed by atoms with van der Waals surface area (Å²) in [4.78, 5) is 16.0. The second-order valence-corrected chi connectivity index (χ2v) is 1.90. The number of nitrogens with one attached hydrogen (secondary N) is 1. The molecule has 0 unspecified atom stereocenters. The van der Waals surface area contributed by atoms with Crippen LogP contribution in [0.15, 0.2) is 15.9 Å². The minimum absolute atomic E-state index is 0.219. The number of aromatic amines is 1. The number of anilines is 1. The van der Waals surface area contributed by atoms with E-state index in [1.807, 2.05) is 0 Å². The van der Waals surface area contributed by atoms with Gasteiger partial charge in [0.25, 0.3) is 0 Å². The van der Waals surface area contributed by atoms with Crippen molar-refractivity contribution in [2.45, 2.75) is 5.03 Å². The molecule has 1 aromatic rings. The third kappa shape index (κ3) is 1.39. The molecule has 0 aliphatic carbocycles. The number of nitrogens with two attached hydrogens (primary N) is 1. The molecule has 1 aromatic heterocycles. The molecule has 0 aliphatic heterocycles. The van der Waals surface area contributed by atoms with Crippen LogP contribution in [-0.2, 0) is 0 Å². The average Bonchev–Trinajstić information content (AvgIpc) is 1.59. The maximum absolute atomic E-state index is 10.4. The number of H-pyrrole nitrogens is 1. The van der Waals surface area contributed by atoms with Crippen LogP contribution in [0.2, 0.25) is 0 Å². The molecule has 0 saturated carbocycles. The van der Waals surface area contributed by atoms with Crippen molar-refractivity contribution in [2.75, 3.05) is 5.73 Å². The molecule has 0 atom stereocenters. The summed E-state index contributed by atoms with van der Waals surface area (Å²) in [6, 6.07) is 1.41. The van der Waals surface area contributed by atoms with E-state index in [0.29, 0.717) is 0 Å². The normalized spacial score (nSPS) is 9.33. The van der Waals surface area contributed by atoms with Gasteiger partial charge in [-0.25, -0.2) is 4.79 Å². The Morgan fingerprint density at radius 1 is 1.78 bits per heavy atom. The van der Waals surface area contributed by atoms with Crippen LogP contribution in [0.25, 0.3) is 0 Å². The maximum atomic E-state index is 10.4. The quantitative estimate of drug-likeness (QED) is 0.497. The van der Waals surface area contributed by atoms with Gasteiger partial charge in [0.15, 0.2) is 0 Å². The van der Waals surface area contributed by atoms with Gasteiger partial charge in [-0.1, -0.05) is 12.6 Å². The highest BCUT2D eigenvalue weighted by Gasteiger charge is 1.90. The van der Waals surface area contributed by atoms with Crippen molar-refractivity contribution in [2.24, 2.45) is 0 Å². The summed E-state index contributed by atoms with van der Waals surface area (Å²) in [6.07, 6.45) is 0. The lowest BCUT2D eigenvalue weighted by molar-refractivity contribution is 0.992. The molecule has 0 fully saturated rings. The Morgan fingerprint density at radius 3 is 2.89 bits per heavy atom. The maximum Gasteiger partial charge on any atom is 0.347 e. The summed E-state index contributed by atoms with van der Waals surface area (Å²) >= 11 is 4.58. The fourth-order valence-electron chi connectivity index (χ4n) is 0.453. The van der Waals surface area contributed by atoms with Crippen LogP contribution in [0.5, 0.6) is 0 Å². The van der Waals surface area contributed by atoms with Crippen LogP contribution in [0.3, 0.4) is 0 Å². The van der Waals surface area contributed by atoms with Crippen LogP contribution in [0, 0.1) is 0 Å². The first kappa shape index (κ1) is 6.03. The van der Waals surface area contributed by atoms with Crippen molar-refractivity contribution >= 4 is 18.4 Å². The highest BCUT2D eigenvalue weighted by atomic mass is 32.1. The monoisotopic (exact) mass is 142 g/mol. The average molecular weight is 142 g/mol. The second kappa shape index (κ2) is 2.02. The third-order valence-electron chi connectivity index (χ3n) is 0.742. The predicted molar refractivity (Wildman–Crippen MR) is 35.1 cm³/mol. The molecule has 0 saturated heterocycles. The molecule has 4 nitrogen and oxygen atoms in total. The first-order valence-corrected chi connectivity index (χ1v) is 2.63. The van der Waals surface area contributed by atoms with Crippen molar-refractivity contribution in [1.82, 2.24) is 9.97 Å². The second-order valence-electron chi connectivity index (χ2n) is 1.48. The van der Waals surface area contributed by atoms with E-state index >= 15 is 0 Å². The molecule has 0 amide bonds. The smallest absolute Gasteiger partial charge is 0.347 e. The predicted octanol–water partition coefficient (Wildman–Crippen LogP) is -0.0915. The van der Waals surface area contributed by atoms with Crippen molar-refractivity contribution in [3.63, 3.8) is 0 Å². The largest absolute Gasteiger partial charge is 0.385 e. The Hall–Kier alpha value is -1.10. The topological polar surface area (TPSA) is 71.8 Å². The molecule has 1 heterocycles. The zero-order chi connectivity index (χ0) is 6.85. The number of aromatic nitrogens is 2. The lowest BCUT2D eigenvalue weighted by atomic mass is 10.6. The van der Waals surface area contributed by atoms with Crippen molar-refractivity contribution < 1.29 is 0 Å². The number of hydrogen-bond donors (Lipinski definition) is 2. The summed E-state index contributed by atoms with van der Waals surface area (Å²) in [7, 11) is 0. The van der Waals surface area contributed by atoms with Gasteiger partial charge in [0.1, 0.15) is 10.8 Å². The molecule has 47 valence electrons. The molecule has 0 bridgehead atoms. The number of nitrogen functional groups attached to an aromatic ring is 1. The minimum Gasteiger partial charge on any atom is -0.385 e. The molecule has 9 heavy (non-hydrogen) atoms. The van der Waals surface area contributed by atoms with Gasteiger partial charge in [0.2, 0.25) is 0 Å². The van der Waals surface area contributed by atoms with Gasteiger partial charge in [0.05, 0.1) is 0 Å². The van der Waals surface area contributed by atoms with Crippen molar-refractivity contribution in [3.05, 3.63) is 16.6 Å². The van der Waals surface area contributed by atoms with Crippen LogP contribution in [0.1, 0.15) is 0 Å². The van der Waals surface area contributed by atoms with Crippen LogP contribution >= 0.6 is 12.6 Å². The molecular weight excluding hydrogens is 138 g/mol. The van der Waals surface area contributed by atoms with Crippen LogP contribution in [0.4, 0.5) is 5.82 Å². The number of nitrogens with zero attached hydrogens (tertiary/aromatic N) is 1. The van der Waals surface area contributed by atoms with Gasteiger partial charge in [-0.15, -0.1) is 0 Å². The van der Waals surface area contributed by atoms with E-state index in [0.717, 1.165) is 0 Å². The Morgan fingerprint density at radius 2 is 2.44 bits per heavy atom. The summed E-state index contributed by atoms with van der Waals surface area (Å²) in [5.74, 6) is 0.250. The van der Waals surface area contributed by atoms with Crippen LogP contribution in [-0.4, -0.2) is 9.97 Å². The lowest BCUT2D eigenvalue weighted by Gasteiger charge is -1.89. The zero-order valence-corrected chi connectivity index (χ0v) is 5.23. The Kier molecular flexibility index (Phi) is 1.35. The fraction of sp³-hybridized carbons (Fsp3) is 0. The summed E-state index contributed by atoms with van der Waals surface area (Å²) in [5.41, 5.74) is 4.70. The molecular formula is C4H4N3OS. The first-order valence-electron chi connectivity index (χ1n) is 2.22. The van der Waals surface area contributed by atoms with E-state index in [1.54, 1.807) is 0 Å². The van der Waals surface area contributed by atoms with Crippen LogP contribution < -0.4 is 11.4 Å².